The van der Waals surface area contributed by atoms with Crippen LogP contribution in [-0.2, 0) is 6.42 Å². The molecule has 1 aliphatic carbocycles. The van der Waals surface area contributed by atoms with Crippen LogP contribution in [0.3, 0.4) is 0 Å². The molecule has 0 aliphatic heterocycles. The molecule has 0 amide bonds. The molecule has 4 rings (SSSR count). The molecule has 1 aromatic heterocycles. The van der Waals surface area contributed by atoms with Crippen LogP contribution in [0, 0.1) is 0 Å². The molecular weight excluding hydrogens is 350 g/mol. The molecule has 0 saturated carbocycles. The summed E-state index contributed by atoms with van der Waals surface area (Å²) in [5.74, 6) is -0.0592. The Bertz CT molecular complexity index is 1080. The minimum absolute atomic E-state index is 0.0823. The smallest absolute Gasteiger partial charge is 0.336 e. The van der Waals surface area contributed by atoms with Gasteiger partial charge < -0.3 is 9.84 Å². The van der Waals surface area contributed by atoms with E-state index in [1.807, 2.05) is 62.4 Å². The van der Waals surface area contributed by atoms with E-state index in [0.717, 1.165) is 52.9 Å². The number of benzene rings is 2. The first kappa shape index (κ1) is 18.2. The molecule has 4 heteroatoms. The molecule has 4 nitrogen and oxygen atoms in total. The van der Waals surface area contributed by atoms with Crippen molar-refractivity contribution >= 4 is 28.5 Å². The molecule has 142 valence electrons. The Morgan fingerprint density at radius 3 is 2.64 bits per heavy atom. The van der Waals surface area contributed by atoms with Gasteiger partial charge in [0.2, 0.25) is 0 Å². The first-order chi connectivity index (χ1) is 13.5. The summed E-state index contributed by atoms with van der Waals surface area (Å²) in [6.45, 7) is 4.01. The van der Waals surface area contributed by atoms with Crippen molar-refractivity contribution in [1.82, 2.24) is 4.98 Å². The molecule has 1 heterocycles. The summed E-state index contributed by atoms with van der Waals surface area (Å²) in [5, 5.41) is 10.6. The zero-order valence-electron chi connectivity index (χ0n) is 16.1. The molecule has 0 fully saturated rings. The molecule has 1 aliphatic rings. The third-order valence-electron chi connectivity index (χ3n) is 5.00. The van der Waals surface area contributed by atoms with Gasteiger partial charge in [0.25, 0.3) is 0 Å². The highest BCUT2D eigenvalue weighted by molar-refractivity contribution is 6.05. The summed E-state index contributed by atoms with van der Waals surface area (Å²) in [7, 11) is 0. The van der Waals surface area contributed by atoms with Gasteiger partial charge in [0.15, 0.2) is 0 Å². The van der Waals surface area contributed by atoms with E-state index >= 15 is 0 Å². The number of hydrogen-bond acceptors (Lipinski definition) is 3. The fraction of sp³-hybridized carbons (Fsp3) is 0.250. The number of allylic oxidation sites excluding steroid dienone is 1. The Labute approximate surface area is 164 Å². The number of hydrogen-bond donors (Lipinski definition) is 1. The van der Waals surface area contributed by atoms with Crippen molar-refractivity contribution in [2.75, 3.05) is 0 Å². The summed E-state index contributed by atoms with van der Waals surface area (Å²) >= 11 is 0. The summed E-state index contributed by atoms with van der Waals surface area (Å²) in [6, 6.07) is 15.4. The second-order valence-corrected chi connectivity index (χ2v) is 7.36. The summed E-state index contributed by atoms with van der Waals surface area (Å²) in [5.41, 5.74) is 4.81. The molecular formula is C24H23NO3. The SMILES string of the molecule is CC(C)Oc1ccccc1/C=C1/CCCc2c1nc1ccccc1c2C(=O)O. The van der Waals surface area contributed by atoms with Gasteiger partial charge in [-0.1, -0.05) is 36.4 Å². The highest BCUT2D eigenvalue weighted by Gasteiger charge is 2.25. The van der Waals surface area contributed by atoms with Crippen LogP contribution in [-0.4, -0.2) is 22.2 Å². The van der Waals surface area contributed by atoms with E-state index in [1.54, 1.807) is 0 Å². The van der Waals surface area contributed by atoms with E-state index < -0.39 is 5.97 Å². The van der Waals surface area contributed by atoms with Crippen LogP contribution in [0.15, 0.2) is 48.5 Å². The summed E-state index contributed by atoms with van der Waals surface area (Å²) in [4.78, 5) is 16.9. The normalized spacial score (nSPS) is 15.0. The molecule has 3 aromatic rings. The third-order valence-corrected chi connectivity index (χ3v) is 5.00. The molecule has 0 bridgehead atoms. The topological polar surface area (TPSA) is 59.4 Å². The fourth-order valence-corrected chi connectivity index (χ4v) is 3.87. The third kappa shape index (κ3) is 3.38. The quantitative estimate of drug-likeness (QED) is 0.647. The number of fused-ring (bicyclic) bond motifs is 2. The summed E-state index contributed by atoms with van der Waals surface area (Å²) in [6.07, 6.45) is 4.69. The molecule has 0 spiro atoms. The molecule has 28 heavy (non-hydrogen) atoms. The van der Waals surface area contributed by atoms with E-state index in [1.165, 1.54) is 0 Å². The van der Waals surface area contributed by atoms with Crippen LogP contribution in [0.2, 0.25) is 0 Å². The maximum absolute atomic E-state index is 12.1. The minimum Gasteiger partial charge on any atom is -0.490 e. The van der Waals surface area contributed by atoms with E-state index in [-0.39, 0.29) is 6.10 Å². The van der Waals surface area contributed by atoms with Crippen molar-refractivity contribution in [3.63, 3.8) is 0 Å². The Morgan fingerprint density at radius 2 is 1.86 bits per heavy atom. The first-order valence-corrected chi connectivity index (χ1v) is 9.66. The van der Waals surface area contributed by atoms with Crippen LogP contribution < -0.4 is 4.74 Å². The van der Waals surface area contributed by atoms with Gasteiger partial charge in [0.05, 0.1) is 22.9 Å². The van der Waals surface area contributed by atoms with Gasteiger partial charge in [-0.15, -0.1) is 0 Å². The van der Waals surface area contributed by atoms with Crippen molar-refractivity contribution in [1.29, 1.82) is 0 Å². The van der Waals surface area contributed by atoms with Crippen molar-refractivity contribution < 1.29 is 14.6 Å². The molecule has 1 N–H and O–H groups in total. The minimum atomic E-state index is -0.889. The van der Waals surface area contributed by atoms with Gasteiger partial charge in [-0.05, 0) is 62.5 Å². The monoisotopic (exact) mass is 373 g/mol. The van der Waals surface area contributed by atoms with E-state index in [2.05, 4.69) is 6.08 Å². The van der Waals surface area contributed by atoms with Crippen molar-refractivity contribution in [2.24, 2.45) is 0 Å². The maximum atomic E-state index is 12.1. The Morgan fingerprint density at radius 1 is 1.11 bits per heavy atom. The van der Waals surface area contributed by atoms with Crippen LogP contribution in [0.1, 0.15) is 53.9 Å². The van der Waals surface area contributed by atoms with E-state index in [4.69, 9.17) is 9.72 Å². The van der Waals surface area contributed by atoms with Crippen LogP contribution >= 0.6 is 0 Å². The van der Waals surface area contributed by atoms with Crippen LogP contribution in [0.4, 0.5) is 0 Å². The second kappa shape index (κ2) is 7.47. The lowest BCUT2D eigenvalue weighted by molar-refractivity contribution is 0.0697. The first-order valence-electron chi connectivity index (χ1n) is 9.66. The maximum Gasteiger partial charge on any atom is 0.336 e. The number of aromatic carboxylic acids is 1. The number of para-hydroxylation sites is 2. The number of carboxylic acid groups (broad SMARTS) is 1. The van der Waals surface area contributed by atoms with Gasteiger partial charge in [-0.2, -0.15) is 0 Å². The standard InChI is InChI=1S/C24H23NO3/c1-15(2)28-21-13-6-3-8-16(21)14-17-9-7-11-19-22(24(26)27)18-10-4-5-12-20(18)25-23(17)19/h3-6,8,10,12-15H,7,9,11H2,1-2H3,(H,26,27)/b17-14-. The van der Waals surface area contributed by atoms with Crippen LogP contribution in [0.25, 0.3) is 22.6 Å². The lowest BCUT2D eigenvalue weighted by Gasteiger charge is -2.22. The van der Waals surface area contributed by atoms with Gasteiger partial charge in [-0.25, -0.2) is 9.78 Å². The predicted octanol–water partition coefficient (Wildman–Crippen LogP) is 5.60. The molecule has 0 saturated heterocycles. The number of nitrogens with zero attached hydrogens (tertiary/aromatic N) is 1. The van der Waals surface area contributed by atoms with Crippen molar-refractivity contribution in [3.8, 4) is 5.75 Å². The lowest BCUT2D eigenvalue weighted by Crippen LogP contribution is -2.13. The molecule has 0 radical (unpaired) electrons. The largest absolute Gasteiger partial charge is 0.490 e. The molecule has 0 unspecified atom stereocenters. The zero-order chi connectivity index (χ0) is 19.7. The van der Waals surface area contributed by atoms with E-state index in [0.29, 0.717) is 10.9 Å². The predicted molar refractivity (Wildman–Crippen MR) is 112 cm³/mol. The molecule has 0 atom stereocenters. The average molecular weight is 373 g/mol. The number of pyridine rings is 1. The van der Waals surface area contributed by atoms with Crippen molar-refractivity contribution in [2.45, 2.75) is 39.2 Å². The Hall–Kier alpha value is -3.14. The highest BCUT2D eigenvalue weighted by atomic mass is 16.5. The molecule has 2 aromatic carbocycles. The number of carboxylic acids is 1. The van der Waals surface area contributed by atoms with Gasteiger partial charge in [0, 0.05) is 10.9 Å². The van der Waals surface area contributed by atoms with Crippen molar-refractivity contribution in [3.05, 3.63) is 70.9 Å². The second-order valence-electron chi connectivity index (χ2n) is 7.36. The van der Waals surface area contributed by atoms with Crippen LogP contribution in [0.5, 0.6) is 5.75 Å². The average Bonchev–Trinajstić information content (AvgIpc) is 2.67. The summed E-state index contributed by atoms with van der Waals surface area (Å²) < 4.78 is 5.95. The van der Waals surface area contributed by atoms with E-state index in [9.17, 15) is 9.90 Å². The number of rotatable bonds is 4. The Kier molecular flexibility index (Phi) is 4.86. The number of carbonyl (C=O) groups is 1. The zero-order valence-corrected chi connectivity index (χ0v) is 16.1. The number of aromatic nitrogens is 1. The lowest BCUT2D eigenvalue weighted by atomic mass is 9.86. The fourth-order valence-electron chi connectivity index (χ4n) is 3.87. The highest BCUT2D eigenvalue weighted by Crippen LogP contribution is 2.37. The van der Waals surface area contributed by atoms with Gasteiger partial charge >= 0.3 is 5.97 Å². The van der Waals surface area contributed by atoms with Gasteiger partial charge in [-0.3, -0.25) is 0 Å². The Balaban J connectivity index is 1.91. The number of ether oxygens (including phenoxy) is 1. The van der Waals surface area contributed by atoms with Gasteiger partial charge in [0.1, 0.15) is 5.75 Å².